The van der Waals surface area contributed by atoms with E-state index in [2.05, 4.69) is 37.4 Å². The number of phenols is 1. The molecule has 1 unspecified atom stereocenters. The number of aromatic hydroxyl groups is 1. The molecule has 0 radical (unpaired) electrons. The monoisotopic (exact) mass is 395 g/mol. The van der Waals surface area contributed by atoms with Crippen LogP contribution in [0.15, 0.2) is 24.3 Å². The Bertz CT molecular complexity index is 896. The minimum atomic E-state index is -0.420. The number of benzene rings is 1. The van der Waals surface area contributed by atoms with Crippen LogP contribution in [-0.4, -0.2) is 36.5 Å². The molecule has 4 aliphatic carbocycles. The number of fused-ring (bicyclic) bond motifs is 1. The van der Waals surface area contributed by atoms with Gasteiger partial charge in [-0.15, -0.1) is 0 Å². The zero-order valence-electron chi connectivity index (χ0n) is 17.8. The van der Waals surface area contributed by atoms with E-state index in [0.29, 0.717) is 23.6 Å². The second-order valence-electron chi connectivity index (χ2n) is 10.2. The lowest BCUT2D eigenvalue weighted by Crippen LogP contribution is -2.79. The fourth-order valence-electron chi connectivity index (χ4n) is 8.16. The van der Waals surface area contributed by atoms with Crippen LogP contribution < -0.4 is 10.1 Å². The highest BCUT2D eigenvalue weighted by Gasteiger charge is 2.78. The van der Waals surface area contributed by atoms with Gasteiger partial charge in [-0.1, -0.05) is 51.3 Å². The number of hydrogen-bond acceptors (Lipinski definition) is 4. The van der Waals surface area contributed by atoms with Gasteiger partial charge in [-0.3, -0.25) is 0 Å². The Morgan fingerprint density at radius 2 is 2.21 bits per heavy atom. The molecule has 2 N–H and O–H groups in total. The van der Waals surface area contributed by atoms with Crippen LogP contribution in [0, 0.1) is 17.3 Å². The van der Waals surface area contributed by atoms with Crippen LogP contribution in [0.2, 0.25) is 0 Å². The zero-order valence-corrected chi connectivity index (χ0v) is 17.8. The summed E-state index contributed by atoms with van der Waals surface area (Å²) < 4.78 is 13.2. The largest absolute Gasteiger partial charge is 0.504 e. The van der Waals surface area contributed by atoms with Crippen molar-refractivity contribution < 1.29 is 14.6 Å². The number of ether oxygens (including phenoxy) is 2. The number of nitrogens with one attached hydrogen (secondary N) is 1. The molecule has 2 aliphatic heterocycles. The van der Waals surface area contributed by atoms with Crippen molar-refractivity contribution in [2.75, 3.05) is 13.7 Å². The Kier molecular flexibility index (Phi) is 3.65. The summed E-state index contributed by atoms with van der Waals surface area (Å²) in [5.41, 5.74) is 2.19. The fourth-order valence-corrected chi connectivity index (χ4v) is 8.16. The van der Waals surface area contributed by atoms with Gasteiger partial charge in [0, 0.05) is 24.1 Å². The van der Waals surface area contributed by atoms with Crippen LogP contribution in [0.5, 0.6) is 11.5 Å². The van der Waals surface area contributed by atoms with E-state index in [1.165, 1.54) is 30.4 Å². The molecule has 1 saturated heterocycles. The van der Waals surface area contributed by atoms with Crippen molar-refractivity contribution in [3.8, 4) is 11.5 Å². The predicted molar refractivity (Wildman–Crippen MR) is 112 cm³/mol. The number of phenolic OH excluding ortho intramolecular Hbond substituents is 1. The lowest BCUT2D eigenvalue weighted by Gasteiger charge is -2.70. The zero-order chi connectivity index (χ0) is 20.0. The molecule has 29 heavy (non-hydrogen) atoms. The summed E-state index contributed by atoms with van der Waals surface area (Å²) in [6, 6.07) is 4.38. The molecule has 0 aromatic heterocycles. The highest BCUT2D eigenvalue weighted by Crippen LogP contribution is 2.74. The van der Waals surface area contributed by atoms with Gasteiger partial charge in [0.05, 0.1) is 5.41 Å². The Morgan fingerprint density at radius 1 is 1.34 bits per heavy atom. The third kappa shape index (κ3) is 1.86. The molecule has 0 amide bonds. The molecule has 4 bridgehead atoms. The molecule has 1 aromatic rings. The molecule has 6 aliphatic rings. The summed E-state index contributed by atoms with van der Waals surface area (Å²) in [7, 11) is 1.87. The maximum atomic E-state index is 10.7. The average Bonchev–Trinajstić information content (AvgIpc) is 3.10. The molecule has 4 nitrogen and oxygen atoms in total. The van der Waals surface area contributed by atoms with Crippen molar-refractivity contribution in [3.63, 3.8) is 0 Å². The summed E-state index contributed by atoms with van der Waals surface area (Å²) in [6.45, 7) is 5.69. The number of methoxy groups -OCH3 is 1. The fraction of sp³-hybridized carbons (Fsp3) is 0.680. The van der Waals surface area contributed by atoms with Crippen molar-refractivity contribution in [2.45, 2.75) is 75.5 Å². The second-order valence-corrected chi connectivity index (χ2v) is 10.2. The van der Waals surface area contributed by atoms with E-state index in [1.54, 1.807) is 0 Å². The van der Waals surface area contributed by atoms with Gasteiger partial charge in [0.2, 0.25) is 0 Å². The smallest absolute Gasteiger partial charge is 0.165 e. The normalized spacial score (nSPS) is 43.8. The number of hydrogen-bond donors (Lipinski definition) is 2. The quantitative estimate of drug-likeness (QED) is 0.737. The highest BCUT2D eigenvalue weighted by molar-refractivity contribution is 5.65. The number of piperidine rings is 1. The molecule has 2 fully saturated rings. The van der Waals surface area contributed by atoms with Gasteiger partial charge in [0.1, 0.15) is 11.7 Å². The maximum absolute atomic E-state index is 10.7. The van der Waals surface area contributed by atoms with E-state index < -0.39 is 5.60 Å². The maximum Gasteiger partial charge on any atom is 0.165 e. The first-order valence-corrected chi connectivity index (χ1v) is 11.5. The molecule has 1 saturated carbocycles. The lowest BCUT2D eigenvalue weighted by molar-refractivity contribution is -0.210. The van der Waals surface area contributed by atoms with Crippen LogP contribution >= 0.6 is 0 Å². The minimum absolute atomic E-state index is 0.0490. The molecular weight excluding hydrogens is 362 g/mol. The molecule has 4 heteroatoms. The summed E-state index contributed by atoms with van der Waals surface area (Å²) in [5, 5.41) is 14.6. The molecule has 7 atom stereocenters. The molecule has 7 rings (SSSR count). The summed E-state index contributed by atoms with van der Waals surface area (Å²) in [6.07, 6.45) is 11.7. The Labute approximate surface area is 173 Å². The van der Waals surface area contributed by atoms with Crippen molar-refractivity contribution in [1.82, 2.24) is 5.32 Å². The lowest BCUT2D eigenvalue weighted by atomic mass is 9.36. The van der Waals surface area contributed by atoms with E-state index in [9.17, 15) is 5.11 Å². The molecule has 1 aromatic carbocycles. The Hall–Kier alpha value is -1.52. The molecular formula is C25H33NO3. The van der Waals surface area contributed by atoms with Gasteiger partial charge in [-0.25, -0.2) is 0 Å². The van der Waals surface area contributed by atoms with Crippen LogP contribution in [0.25, 0.3) is 0 Å². The number of unbranched alkanes of at least 4 members (excludes halogenated alkanes) is 1. The summed E-state index contributed by atoms with van der Waals surface area (Å²) in [4.78, 5) is 0. The van der Waals surface area contributed by atoms with E-state index in [4.69, 9.17) is 9.47 Å². The van der Waals surface area contributed by atoms with Crippen molar-refractivity contribution in [1.29, 1.82) is 0 Å². The predicted octanol–water partition coefficient (Wildman–Crippen LogP) is 4.10. The third-order valence-corrected chi connectivity index (χ3v) is 9.38. The molecule has 2 spiro atoms. The Balaban J connectivity index is 1.59. The second kappa shape index (κ2) is 5.79. The highest BCUT2D eigenvalue weighted by atomic mass is 16.6. The first-order valence-electron chi connectivity index (χ1n) is 11.5. The third-order valence-electron chi connectivity index (χ3n) is 9.38. The standard InChI is InChI=1S/C25H33NO3/c1-4-5-6-15(2)17-14-23-9-10-25(17,28-3)22-24(23)11-12-26-19(23)13-16-7-8-18(27)21(29-22)20(16)24/h7-10,15,17,19,22,26-27H,4-6,11-14H2,1-3H3/t15?,17-,19+,22+,23+,24-,25+/m0/s1. The van der Waals surface area contributed by atoms with Gasteiger partial charge in [0.25, 0.3) is 0 Å². The van der Waals surface area contributed by atoms with Crippen molar-refractivity contribution in [3.05, 3.63) is 35.4 Å². The first kappa shape index (κ1) is 18.3. The van der Waals surface area contributed by atoms with E-state index in [1.807, 2.05) is 13.2 Å². The summed E-state index contributed by atoms with van der Waals surface area (Å²) >= 11 is 0. The molecule has 2 heterocycles. The first-order chi connectivity index (χ1) is 14.0. The SMILES string of the molecule is CCCCC(C)[C@@H]1C[C@@]23C=C[C@]1(OC)[C@@H]1Oc4c(O)ccc5c4[C@@]12CCN[C@@H]3C5. The molecule has 156 valence electrons. The Morgan fingerprint density at radius 3 is 3.00 bits per heavy atom. The van der Waals surface area contributed by atoms with Gasteiger partial charge in [-0.05, 0) is 49.3 Å². The average molecular weight is 396 g/mol. The van der Waals surface area contributed by atoms with E-state index in [-0.39, 0.29) is 16.9 Å². The van der Waals surface area contributed by atoms with Gasteiger partial charge in [-0.2, -0.15) is 0 Å². The van der Waals surface area contributed by atoms with Crippen LogP contribution in [0.4, 0.5) is 0 Å². The topological polar surface area (TPSA) is 50.7 Å². The van der Waals surface area contributed by atoms with Crippen LogP contribution in [0.3, 0.4) is 0 Å². The van der Waals surface area contributed by atoms with Gasteiger partial charge in [0.15, 0.2) is 11.5 Å². The van der Waals surface area contributed by atoms with Crippen molar-refractivity contribution in [2.24, 2.45) is 17.3 Å². The van der Waals surface area contributed by atoms with Crippen molar-refractivity contribution >= 4 is 0 Å². The van der Waals surface area contributed by atoms with E-state index in [0.717, 1.165) is 31.6 Å². The van der Waals surface area contributed by atoms with Crippen LogP contribution in [-0.2, 0) is 16.6 Å². The van der Waals surface area contributed by atoms with Gasteiger partial charge >= 0.3 is 0 Å². The van der Waals surface area contributed by atoms with Crippen LogP contribution in [0.1, 0.15) is 57.1 Å². The van der Waals surface area contributed by atoms with E-state index >= 15 is 0 Å². The van der Waals surface area contributed by atoms with Gasteiger partial charge < -0.3 is 19.9 Å². The summed E-state index contributed by atoms with van der Waals surface area (Å²) in [5.74, 6) is 2.05. The number of rotatable bonds is 5. The minimum Gasteiger partial charge on any atom is -0.504 e.